The van der Waals surface area contributed by atoms with Crippen LogP contribution in [0.4, 0.5) is 5.69 Å². The lowest BCUT2D eigenvalue weighted by atomic mass is 10.1. The Labute approximate surface area is 157 Å². The molecule has 5 heteroatoms. The number of methoxy groups -OCH3 is 1. The van der Waals surface area contributed by atoms with Gasteiger partial charge in [0.25, 0.3) is 0 Å². The fraction of sp³-hybridized carbons (Fsp3) is 0.714. The second-order valence-corrected chi connectivity index (χ2v) is 7.96. The van der Waals surface area contributed by atoms with E-state index in [1.165, 1.54) is 57.3 Å². The summed E-state index contributed by atoms with van der Waals surface area (Å²) in [5.74, 6) is 1.76. The van der Waals surface area contributed by atoms with Crippen LogP contribution in [0.1, 0.15) is 38.5 Å². The van der Waals surface area contributed by atoms with E-state index in [1.807, 2.05) is 0 Å². The quantitative estimate of drug-likeness (QED) is 0.845. The Kier molecular flexibility index (Phi) is 5.85. The van der Waals surface area contributed by atoms with Gasteiger partial charge in [-0.05, 0) is 63.7 Å². The van der Waals surface area contributed by atoms with E-state index in [0.29, 0.717) is 12.1 Å². The third kappa shape index (κ3) is 4.26. The van der Waals surface area contributed by atoms with Gasteiger partial charge in [-0.15, -0.1) is 0 Å². The molecular formula is C21H33N3O2. The van der Waals surface area contributed by atoms with E-state index in [2.05, 4.69) is 33.3 Å². The Hall–Kier alpha value is -1.46. The van der Waals surface area contributed by atoms with Gasteiger partial charge in [0.15, 0.2) is 11.5 Å². The molecule has 0 unspecified atom stereocenters. The molecule has 2 heterocycles. The van der Waals surface area contributed by atoms with E-state index in [9.17, 15) is 0 Å². The number of hydrogen-bond acceptors (Lipinski definition) is 5. The predicted molar refractivity (Wildman–Crippen MR) is 106 cm³/mol. The lowest BCUT2D eigenvalue weighted by molar-refractivity contribution is 0.201. The fourth-order valence-electron chi connectivity index (χ4n) is 4.60. The van der Waals surface area contributed by atoms with Crippen molar-refractivity contribution in [3.8, 4) is 11.5 Å². The van der Waals surface area contributed by atoms with E-state index in [-0.39, 0.29) is 0 Å². The molecule has 5 nitrogen and oxygen atoms in total. The van der Waals surface area contributed by atoms with Crippen LogP contribution >= 0.6 is 0 Å². The summed E-state index contributed by atoms with van der Waals surface area (Å²) in [4.78, 5) is 5.10. The maximum atomic E-state index is 6.29. The SMILES string of the molecule is COc1ccc(N2CCN[C@@H](CN3CCCC3)C2)cc1OC1CCCC1. The van der Waals surface area contributed by atoms with Crippen molar-refractivity contribution in [2.75, 3.05) is 51.3 Å². The highest BCUT2D eigenvalue weighted by Crippen LogP contribution is 2.35. The Balaban J connectivity index is 1.43. The first-order valence-electron chi connectivity index (χ1n) is 10.4. The lowest BCUT2D eigenvalue weighted by Crippen LogP contribution is -2.54. The van der Waals surface area contributed by atoms with Gasteiger partial charge in [0.05, 0.1) is 13.2 Å². The number of nitrogens with zero attached hydrogens (tertiary/aromatic N) is 2. The molecule has 4 rings (SSSR count). The normalized spacial score (nSPS) is 25.0. The van der Waals surface area contributed by atoms with Crippen molar-refractivity contribution in [2.24, 2.45) is 0 Å². The molecule has 1 N–H and O–H groups in total. The monoisotopic (exact) mass is 359 g/mol. The Morgan fingerprint density at radius 3 is 2.62 bits per heavy atom. The number of benzene rings is 1. The van der Waals surface area contributed by atoms with Gasteiger partial charge in [0.1, 0.15) is 0 Å². The number of hydrogen-bond donors (Lipinski definition) is 1. The van der Waals surface area contributed by atoms with Crippen LogP contribution in [0.25, 0.3) is 0 Å². The van der Waals surface area contributed by atoms with Crippen LogP contribution in [0.15, 0.2) is 18.2 Å². The third-order valence-corrected chi connectivity index (χ3v) is 6.04. The second kappa shape index (κ2) is 8.49. The topological polar surface area (TPSA) is 37.0 Å². The van der Waals surface area contributed by atoms with E-state index >= 15 is 0 Å². The number of anilines is 1. The number of likely N-dealkylation sites (tertiary alicyclic amines) is 1. The molecule has 1 aliphatic carbocycles. The number of piperazine rings is 1. The minimum atomic E-state index is 0.352. The number of rotatable bonds is 6. The van der Waals surface area contributed by atoms with Crippen molar-refractivity contribution in [1.29, 1.82) is 0 Å². The molecule has 0 aromatic heterocycles. The zero-order valence-corrected chi connectivity index (χ0v) is 16.1. The average molecular weight is 360 g/mol. The van der Waals surface area contributed by atoms with Gasteiger partial charge in [0, 0.05) is 44.0 Å². The first-order valence-corrected chi connectivity index (χ1v) is 10.4. The van der Waals surface area contributed by atoms with Crippen molar-refractivity contribution in [1.82, 2.24) is 10.2 Å². The van der Waals surface area contributed by atoms with Crippen molar-refractivity contribution in [3.05, 3.63) is 18.2 Å². The number of ether oxygens (including phenoxy) is 2. The Morgan fingerprint density at radius 2 is 1.85 bits per heavy atom. The van der Waals surface area contributed by atoms with Crippen LogP contribution < -0.4 is 19.7 Å². The highest BCUT2D eigenvalue weighted by Gasteiger charge is 2.24. The summed E-state index contributed by atoms with van der Waals surface area (Å²) in [5.41, 5.74) is 1.26. The summed E-state index contributed by atoms with van der Waals surface area (Å²) >= 11 is 0. The molecule has 2 saturated heterocycles. The van der Waals surface area contributed by atoms with Crippen LogP contribution in [-0.2, 0) is 0 Å². The first-order chi connectivity index (χ1) is 12.8. The van der Waals surface area contributed by atoms with Gasteiger partial charge in [0.2, 0.25) is 0 Å². The van der Waals surface area contributed by atoms with Crippen LogP contribution in [0.3, 0.4) is 0 Å². The number of nitrogens with one attached hydrogen (secondary N) is 1. The van der Waals surface area contributed by atoms with Gasteiger partial charge >= 0.3 is 0 Å². The maximum absolute atomic E-state index is 6.29. The zero-order chi connectivity index (χ0) is 17.8. The van der Waals surface area contributed by atoms with Crippen LogP contribution in [-0.4, -0.2) is 63.4 Å². The van der Waals surface area contributed by atoms with E-state index in [0.717, 1.165) is 37.7 Å². The average Bonchev–Trinajstić information content (AvgIpc) is 3.36. The standard InChI is InChI=1S/C21H33N3O2/c1-25-20-9-8-18(14-21(20)26-19-6-2-3-7-19)24-13-10-22-17(16-24)15-23-11-4-5-12-23/h8-9,14,17,19,22H,2-7,10-13,15-16H2,1H3/t17-/m0/s1. The summed E-state index contributed by atoms with van der Waals surface area (Å²) < 4.78 is 11.8. The van der Waals surface area contributed by atoms with Crippen molar-refractivity contribution < 1.29 is 9.47 Å². The summed E-state index contributed by atoms with van der Waals surface area (Å²) in [6, 6.07) is 6.98. The molecule has 0 amide bonds. The molecule has 0 radical (unpaired) electrons. The van der Waals surface area contributed by atoms with Crippen LogP contribution in [0, 0.1) is 0 Å². The van der Waals surface area contributed by atoms with E-state index in [1.54, 1.807) is 7.11 Å². The Morgan fingerprint density at radius 1 is 1.04 bits per heavy atom. The molecule has 2 aliphatic heterocycles. The minimum absolute atomic E-state index is 0.352. The van der Waals surface area contributed by atoms with Crippen LogP contribution in [0.5, 0.6) is 11.5 Å². The fourth-order valence-corrected chi connectivity index (χ4v) is 4.60. The zero-order valence-electron chi connectivity index (χ0n) is 16.1. The van der Waals surface area contributed by atoms with Gasteiger partial charge < -0.3 is 24.6 Å². The highest BCUT2D eigenvalue weighted by atomic mass is 16.5. The first kappa shape index (κ1) is 17.9. The predicted octanol–water partition coefficient (Wildman–Crippen LogP) is 2.89. The molecule has 1 aromatic rings. The molecule has 0 bridgehead atoms. The molecule has 3 aliphatic rings. The minimum Gasteiger partial charge on any atom is -0.493 e. The summed E-state index contributed by atoms with van der Waals surface area (Å²) in [6.45, 7) is 6.85. The summed E-state index contributed by atoms with van der Waals surface area (Å²) in [6.07, 6.45) is 7.96. The van der Waals surface area contributed by atoms with Crippen molar-refractivity contribution in [3.63, 3.8) is 0 Å². The van der Waals surface area contributed by atoms with Crippen molar-refractivity contribution >= 4 is 5.69 Å². The third-order valence-electron chi connectivity index (χ3n) is 6.04. The molecular weight excluding hydrogens is 326 g/mol. The van der Waals surface area contributed by atoms with E-state index < -0.39 is 0 Å². The Bertz CT molecular complexity index is 583. The van der Waals surface area contributed by atoms with Crippen LogP contribution in [0.2, 0.25) is 0 Å². The molecule has 144 valence electrons. The van der Waals surface area contributed by atoms with E-state index in [4.69, 9.17) is 9.47 Å². The molecule has 3 fully saturated rings. The van der Waals surface area contributed by atoms with Gasteiger partial charge in [-0.2, -0.15) is 0 Å². The molecule has 26 heavy (non-hydrogen) atoms. The summed E-state index contributed by atoms with van der Waals surface area (Å²) in [5, 5.41) is 3.70. The summed E-state index contributed by atoms with van der Waals surface area (Å²) in [7, 11) is 1.73. The van der Waals surface area contributed by atoms with Gasteiger partial charge in [-0.1, -0.05) is 0 Å². The van der Waals surface area contributed by atoms with Gasteiger partial charge in [-0.3, -0.25) is 0 Å². The molecule has 0 spiro atoms. The second-order valence-electron chi connectivity index (χ2n) is 7.96. The van der Waals surface area contributed by atoms with Gasteiger partial charge in [-0.25, -0.2) is 0 Å². The highest BCUT2D eigenvalue weighted by molar-refractivity contribution is 5.57. The smallest absolute Gasteiger partial charge is 0.163 e. The lowest BCUT2D eigenvalue weighted by Gasteiger charge is -2.37. The van der Waals surface area contributed by atoms with Crippen molar-refractivity contribution in [2.45, 2.75) is 50.7 Å². The molecule has 1 saturated carbocycles. The molecule has 1 aromatic carbocycles. The maximum Gasteiger partial charge on any atom is 0.163 e. The largest absolute Gasteiger partial charge is 0.493 e. The molecule has 1 atom stereocenters.